The molecule has 2 fully saturated rings. The van der Waals surface area contributed by atoms with E-state index in [1.54, 1.807) is 0 Å². The van der Waals surface area contributed by atoms with Gasteiger partial charge >= 0.3 is 0 Å². The highest BCUT2D eigenvalue weighted by Gasteiger charge is 2.39. The Hall–Kier alpha value is -0.570. The standard InChI is InChI=1S/C14H18ClNO/c15-12-5-3-4-11(8-12)13-9-16-10-14(17-13)6-1-2-7-14/h3-5,8,13,16H,1-2,6-7,9-10H2. The number of rotatable bonds is 1. The molecular weight excluding hydrogens is 234 g/mol. The lowest BCUT2D eigenvalue weighted by atomic mass is 9.97. The number of morpholine rings is 1. The molecule has 1 aliphatic carbocycles. The summed E-state index contributed by atoms with van der Waals surface area (Å²) in [4.78, 5) is 0. The molecule has 92 valence electrons. The third-order valence-electron chi connectivity index (χ3n) is 3.90. The molecule has 3 rings (SSSR count). The molecule has 1 spiro atoms. The van der Waals surface area contributed by atoms with Crippen molar-refractivity contribution in [1.82, 2.24) is 5.32 Å². The van der Waals surface area contributed by atoms with Gasteiger partial charge in [0.1, 0.15) is 0 Å². The number of halogens is 1. The molecule has 0 radical (unpaired) electrons. The fourth-order valence-electron chi connectivity index (χ4n) is 3.02. The Morgan fingerprint density at radius 2 is 2.12 bits per heavy atom. The fourth-order valence-corrected chi connectivity index (χ4v) is 3.22. The fraction of sp³-hybridized carbons (Fsp3) is 0.571. The quantitative estimate of drug-likeness (QED) is 0.827. The lowest BCUT2D eigenvalue weighted by molar-refractivity contribution is -0.114. The molecule has 1 aromatic rings. The Bertz CT molecular complexity index is 401. The topological polar surface area (TPSA) is 21.3 Å². The molecule has 1 saturated carbocycles. The van der Waals surface area contributed by atoms with Gasteiger partial charge in [-0.15, -0.1) is 0 Å². The van der Waals surface area contributed by atoms with Gasteiger partial charge in [0.15, 0.2) is 0 Å². The molecule has 1 N–H and O–H groups in total. The second kappa shape index (κ2) is 4.60. The maximum absolute atomic E-state index is 6.35. The van der Waals surface area contributed by atoms with Crippen LogP contribution in [0.2, 0.25) is 5.02 Å². The molecular formula is C14H18ClNO. The van der Waals surface area contributed by atoms with E-state index in [4.69, 9.17) is 16.3 Å². The predicted molar refractivity (Wildman–Crippen MR) is 69.3 cm³/mol. The van der Waals surface area contributed by atoms with Crippen LogP contribution in [-0.4, -0.2) is 18.7 Å². The highest BCUT2D eigenvalue weighted by atomic mass is 35.5. The average molecular weight is 252 g/mol. The lowest BCUT2D eigenvalue weighted by Crippen LogP contribution is -2.49. The summed E-state index contributed by atoms with van der Waals surface area (Å²) in [5.74, 6) is 0. The summed E-state index contributed by atoms with van der Waals surface area (Å²) in [6.07, 6.45) is 5.13. The van der Waals surface area contributed by atoms with Crippen LogP contribution in [0.5, 0.6) is 0 Å². The molecule has 1 aliphatic heterocycles. The van der Waals surface area contributed by atoms with Crippen molar-refractivity contribution in [2.45, 2.75) is 37.4 Å². The summed E-state index contributed by atoms with van der Waals surface area (Å²) in [6.45, 7) is 1.89. The first-order chi connectivity index (χ1) is 8.27. The van der Waals surface area contributed by atoms with Gasteiger partial charge in [-0.1, -0.05) is 36.6 Å². The molecule has 1 aromatic carbocycles. The van der Waals surface area contributed by atoms with Gasteiger partial charge < -0.3 is 10.1 Å². The number of hydrogen-bond donors (Lipinski definition) is 1. The predicted octanol–water partition coefficient (Wildman–Crippen LogP) is 3.31. The van der Waals surface area contributed by atoms with Crippen LogP contribution < -0.4 is 5.32 Å². The van der Waals surface area contributed by atoms with E-state index in [1.165, 1.54) is 31.2 Å². The van der Waals surface area contributed by atoms with Gasteiger partial charge in [0.25, 0.3) is 0 Å². The van der Waals surface area contributed by atoms with Gasteiger partial charge in [0.05, 0.1) is 11.7 Å². The van der Waals surface area contributed by atoms with Gasteiger partial charge in [-0.3, -0.25) is 0 Å². The normalized spacial score (nSPS) is 27.5. The molecule has 0 bridgehead atoms. The molecule has 17 heavy (non-hydrogen) atoms. The van der Waals surface area contributed by atoms with Crippen LogP contribution in [0.4, 0.5) is 0 Å². The molecule has 2 aliphatic rings. The Labute approximate surface area is 107 Å². The minimum absolute atomic E-state index is 0.0885. The minimum atomic E-state index is 0.0885. The smallest absolute Gasteiger partial charge is 0.0957 e. The number of ether oxygens (including phenoxy) is 1. The van der Waals surface area contributed by atoms with Crippen molar-refractivity contribution < 1.29 is 4.74 Å². The van der Waals surface area contributed by atoms with E-state index in [9.17, 15) is 0 Å². The molecule has 3 heteroatoms. The number of hydrogen-bond acceptors (Lipinski definition) is 2. The largest absolute Gasteiger partial charge is 0.364 e. The zero-order chi connectivity index (χ0) is 11.7. The minimum Gasteiger partial charge on any atom is -0.364 e. The van der Waals surface area contributed by atoms with Crippen LogP contribution in [0.1, 0.15) is 37.4 Å². The van der Waals surface area contributed by atoms with Crippen LogP contribution in [0, 0.1) is 0 Å². The van der Waals surface area contributed by atoms with Crippen LogP contribution in [0.15, 0.2) is 24.3 Å². The highest BCUT2D eigenvalue weighted by molar-refractivity contribution is 6.30. The van der Waals surface area contributed by atoms with Crippen molar-refractivity contribution in [3.63, 3.8) is 0 Å². The Morgan fingerprint density at radius 3 is 2.88 bits per heavy atom. The van der Waals surface area contributed by atoms with E-state index in [2.05, 4.69) is 11.4 Å². The van der Waals surface area contributed by atoms with E-state index in [0.29, 0.717) is 0 Å². The summed E-state index contributed by atoms with van der Waals surface area (Å²) in [5.41, 5.74) is 1.28. The summed E-state index contributed by atoms with van der Waals surface area (Å²) >= 11 is 6.04. The maximum atomic E-state index is 6.35. The number of benzene rings is 1. The van der Waals surface area contributed by atoms with E-state index in [0.717, 1.165) is 18.1 Å². The molecule has 0 aromatic heterocycles. The van der Waals surface area contributed by atoms with Crippen LogP contribution in [0.25, 0.3) is 0 Å². The Kier molecular flexibility index (Phi) is 3.12. The van der Waals surface area contributed by atoms with Crippen LogP contribution >= 0.6 is 11.6 Å². The Balaban J connectivity index is 1.79. The lowest BCUT2D eigenvalue weighted by Gasteiger charge is -2.39. The van der Waals surface area contributed by atoms with Crippen molar-refractivity contribution >= 4 is 11.6 Å². The zero-order valence-electron chi connectivity index (χ0n) is 9.92. The van der Waals surface area contributed by atoms with E-state index in [-0.39, 0.29) is 11.7 Å². The summed E-state index contributed by atoms with van der Waals surface area (Å²) in [5, 5.41) is 4.31. The van der Waals surface area contributed by atoms with Crippen LogP contribution in [-0.2, 0) is 4.74 Å². The molecule has 1 atom stereocenters. The summed E-state index contributed by atoms with van der Waals surface area (Å²) in [7, 11) is 0. The van der Waals surface area contributed by atoms with Crippen molar-refractivity contribution in [1.29, 1.82) is 0 Å². The molecule has 1 heterocycles. The van der Waals surface area contributed by atoms with Crippen molar-refractivity contribution in [2.75, 3.05) is 13.1 Å². The summed E-state index contributed by atoms with van der Waals surface area (Å²) in [6, 6.07) is 8.03. The second-order valence-corrected chi connectivity index (χ2v) is 5.62. The average Bonchev–Trinajstić information content (AvgIpc) is 2.77. The molecule has 1 unspecified atom stereocenters. The van der Waals surface area contributed by atoms with Crippen molar-refractivity contribution in [2.24, 2.45) is 0 Å². The second-order valence-electron chi connectivity index (χ2n) is 5.18. The van der Waals surface area contributed by atoms with Crippen molar-refractivity contribution in [3.8, 4) is 0 Å². The number of nitrogens with one attached hydrogen (secondary N) is 1. The van der Waals surface area contributed by atoms with Crippen molar-refractivity contribution in [3.05, 3.63) is 34.9 Å². The van der Waals surface area contributed by atoms with E-state index in [1.807, 2.05) is 18.2 Å². The third kappa shape index (κ3) is 2.35. The highest BCUT2D eigenvalue weighted by Crippen LogP contribution is 2.39. The molecule has 0 amide bonds. The third-order valence-corrected chi connectivity index (χ3v) is 4.14. The van der Waals surface area contributed by atoms with Gasteiger partial charge in [0.2, 0.25) is 0 Å². The van der Waals surface area contributed by atoms with E-state index < -0.39 is 0 Å². The Morgan fingerprint density at radius 1 is 1.29 bits per heavy atom. The first-order valence-corrected chi connectivity index (χ1v) is 6.79. The first kappa shape index (κ1) is 11.5. The SMILES string of the molecule is Clc1cccc(C2CNCC3(CCCC3)O2)c1. The van der Waals surface area contributed by atoms with Crippen LogP contribution in [0.3, 0.4) is 0 Å². The van der Waals surface area contributed by atoms with Gasteiger partial charge in [-0.25, -0.2) is 0 Å². The monoisotopic (exact) mass is 251 g/mol. The zero-order valence-corrected chi connectivity index (χ0v) is 10.7. The van der Waals surface area contributed by atoms with Gasteiger partial charge in [-0.2, -0.15) is 0 Å². The van der Waals surface area contributed by atoms with Gasteiger partial charge in [-0.05, 0) is 30.5 Å². The molecule has 2 nitrogen and oxygen atoms in total. The van der Waals surface area contributed by atoms with E-state index >= 15 is 0 Å². The first-order valence-electron chi connectivity index (χ1n) is 6.41. The van der Waals surface area contributed by atoms with Gasteiger partial charge in [0, 0.05) is 18.1 Å². The summed E-state index contributed by atoms with van der Waals surface area (Å²) < 4.78 is 6.35. The maximum Gasteiger partial charge on any atom is 0.0957 e. The molecule has 1 saturated heterocycles.